The molecule has 3 aromatic carbocycles. The molecule has 0 fully saturated rings. The lowest BCUT2D eigenvalue weighted by atomic mass is 10.1. The van der Waals surface area contributed by atoms with E-state index in [0.717, 1.165) is 5.56 Å². The highest BCUT2D eigenvalue weighted by Gasteiger charge is 2.12. The standard InChI is InChI=1S/C25H24N4O4S/c1-3-33-20-9-6-8-18(15-20)22(30)27-25(34)29-28-23(31)17-11-13-19(14-12-17)26-24(32)21-10-5-4-7-16(21)2/h4-15H,3H2,1-2H3,(H,26,32)(H,28,31)(H2,27,29,30,34). The van der Waals surface area contributed by atoms with E-state index >= 15 is 0 Å². The summed E-state index contributed by atoms with van der Waals surface area (Å²) < 4.78 is 5.38. The highest BCUT2D eigenvalue weighted by atomic mass is 32.1. The smallest absolute Gasteiger partial charge is 0.269 e. The van der Waals surface area contributed by atoms with Crippen LogP contribution in [0.15, 0.2) is 72.8 Å². The molecular weight excluding hydrogens is 452 g/mol. The molecule has 0 bridgehead atoms. The van der Waals surface area contributed by atoms with Crippen molar-refractivity contribution in [2.24, 2.45) is 0 Å². The van der Waals surface area contributed by atoms with Crippen LogP contribution in [0.25, 0.3) is 0 Å². The third-order valence-corrected chi connectivity index (χ3v) is 4.92. The second kappa shape index (κ2) is 11.6. The molecule has 0 aromatic heterocycles. The molecule has 174 valence electrons. The highest BCUT2D eigenvalue weighted by Crippen LogP contribution is 2.14. The minimum Gasteiger partial charge on any atom is -0.494 e. The van der Waals surface area contributed by atoms with Gasteiger partial charge in [0, 0.05) is 22.4 Å². The van der Waals surface area contributed by atoms with Gasteiger partial charge in [0.1, 0.15) is 5.75 Å². The van der Waals surface area contributed by atoms with E-state index in [4.69, 9.17) is 17.0 Å². The van der Waals surface area contributed by atoms with Gasteiger partial charge in [0.25, 0.3) is 17.7 Å². The van der Waals surface area contributed by atoms with Gasteiger partial charge in [-0.2, -0.15) is 0 Å². The summed E-state index contributed by atoms with van der Waals surface area (Å²) in [5.41, 5.74) is 7.61. The Labute approximate surface area is 202 Å². The number of carbonyl (C=O) groups excluding carboxylic acids is 3. The summed E-state index contributed by atoms with van der Waals surface area (Å²) in [5.74, 6) is -0.570. The molecule has 34 heavy (non-hydrogen) atoms. The lowest BCUT2D eigenvalue weighted by molar-refractivity contribution is 0.0934. The van der Waals surface area contributed by atoms with Crippen LogP contribution in [0.2, 0.25) is 0 Å². The Kier molecular flexibility index (Phi) is 8.31. The SMILES string of the molecule is CCOc1cccc(C(=O)NC(=S)NNC(=O)c2ccc(NC(=O)c3ccccc3C)cc2)c1. The maximum absolute atomic E-state index is 12.4. The zero-order valence-electron chi connectivity index (χ0n) is 18.7. The summed E-state index contributed by atoms with van der Waals surface area (Å²) >= 11 is 5.07. The number of ether oxygens (including phenoxy) is 1. The Morgan fingerprint density at radius 3 is 2.26 bits per heavy atom. The number of amides is 3. The Morgan fingerprint density at radius 1 is 0.824 bits per heavy atom. The fourth-order valence-electron chi connectivity index (χ4n) is 3.02. The molecule has 3 aromatic rings. The molecule has 0 heterocycles. The van der Waals surface area contributed by atoms with Gasteiger partial charge < -0.3 is 10.1 Å². The first-order chi connectivity index (χ1) is 16.4. The van der Waals surface area contributed by atoms with Crippen molar-refractivity contribution < 1.29 is 19.1 Å². The molecule has 0 unspecified atom stereocenters. The summed E-state index contributed by atoms with van der Waals surface area (Å²) in [6.07, 6.45) is 0. The van der Waals surface area contributed by atoms with E-state index in [1.165, 1.54) is 0 Å². The van der Waals surface area contributed by atoms with E-state index in [9.17, 15) is 14.4 Å². The Morgan fingerprint density at radius 2 is 1.56 bits per heavy atom. The first-order valence-electron chi connectivity index (χ1n) is 10.5. The molecule has 9 heteroatoms. The number of rotatable bonds is 6. The van der Waals surface area contributed by atoms with E-state index < -0.39 is 11.8 Å². The molecular formula is C25H24N4O4S. The summed E-state index contributed by atoms with van der Waals surface area (Å²) in [6.45, 7) is 4.20. The number of hydrazine groups is 1. The largest absolute Gasteiger partial charge is 0.494 e. The number of carbonyl (C=O) groups is 3. The molecule has 4 N–H and O–H groups in total. The first kappa shape index (κ1) is 24.4. The quantitative estimate of drug-likeness (QED) is 0.320. The van der Waals surface area contributed by atoms with E-state index in [-0.39, 0.29) is 11.0 Å². The lowest BCUT2D eigenvalue weighted by Gasteiger charge is -2.12. The molecule has 0 aliphatic heterocycles. The molecule has 0 saturated heterocycles. The molecule has 0 spiro atoms. The minimum absolute atomic E-state index is 0.0673. The third kappa shape index (κ3) is 6.63. The van der Waals surface area contributed by atoms with Crippen molar-refractivity contribution in [3.05, 3.63) is 95.1 Å². The number of benzene rings is 3. The number of hydrogen-bond acceptors (Lipinski definition) is 5. The van der Waals surface area contributed by atoms with Gasteiger partial charge in [0.2, 0.25) is 0 Å². The molecule has 0 aliphatic rings. The van der Waals surface area contributed by atoms with Crippen LogP contribution in [0.3, 0.4) is 0 Å². The second-order valence-corrected chi connectivity index (χ2v) is 7.58. The topological polar surface area (TPSA) is 109 Å². The van der Waals surface area contributed by atoms with Gasteiger partial charge in [-0.1, -0.05) is 24.3 Å². The predicted molar refractivity (Wildman–Crippen MR) is 134 cm³/mol. The van der Waals surface area contributed by atoms with Gasteiger partial charge in [-0.15, -0.1) is 0 Å². The third-order valence-electron chi connectivity index (χ3n) is 4.72. The van der Waals surface area contributed by atoms with Gasteiger partial charge in [-0.25, -0.2) is 0 Å². The molecule has 3 rings (SSSR count). The molecule has 0 radical (unpaired) electrons. The Hall–Kier alpha value is -4.24. The number of thiocarbonyl (C=S) groups is 1. The normalized spacial score (nSPS) is 10.1. The van der Waals surface area contributed by atoms with Crippen LogP contribution >= 0.6 is 12.2 Å². The van der Waals surface area contributed by atoms with Crippen LogP contribution in [0.4, 0.5) is 5.69 Å². The van der Waals surface area contributed by atoms with Crippen molar-refractivity contribution in [1.29, 1.82) is 0 Å². The van der Waals surface area contributed by atoms with Crippen molar-refractivity contribution in [2.75, 3.05) is 11.9 Å². The molecule has 0 saturated carbocycles. The first-order valence-corrected chi connectivity index (χ1v) is 10.9. The van der Waals surface area contributed by atoms with Crippen molar-refractivity contribution >= 4 is 40.7 Å². The molecule has 0 atom stereocenters. The van der Waals surface area contributed by atoms with Crippen LogP contribution < -0.4 is 26.2 Å². The second-order valence-electron chi connectivity index (χ2n) is 7.17. The average molecular weight is 477 g/mol. The monoisotopic (exact) mass is 476 g/mol. The van der Waals surface area contributed by atoms with Crippen LogP contribution in [-0.2, 0) is 0 Å². The van der Waals surface area contributed by atoms with Crippen molar-refractivity contribution in [3.63, 3.8) is 0 Å². The van der Waals surface area contributed by atoms with Crippen LogP contribution in [0, 0.1) is 6.92 Å². The average Bonchev–Trinajstić information content (AvgIpc) is 2.83. The van der Waals surface area contributed by atoms with Crippen molar-refractivity contribution in [1.82, 2.24) is 16.2 Å². The van der Waals surface area contributed by atoms with Gasteiger partial charge in [-0.3, -0.25) is 30.6 Å². The fraction of sp³-hybridized carbons (Fsp3) is 0.120. The summed E-state index contributed by atoms with van der Waals surface area (Å²) in [5, 5.41) is 5.22. The lowest BCUT2D eigenvalue weighted by Crippen LogP contribution is -2.48. The van der Waals surface area contributed by atoms with Crippen LogP contribution in [0.5, 0.6) is 5.75 Å². The molecule has 0 aliphatic carbocycles. The van der Waals surface area contributed by atoms with Gasteiger partial charge >= 0.3 is 0 Å². The van der Waals surface area contributed by atoms with Gasteiger partial charge in [-0.05, 0) is 80.2 Å². The van der Waals surface area contributed by atoms with E-state index in [1.54, 1.807) is 60.7 Å². The summed E-state index contributed by atoms with van der Waals surface area (Å²) in [6, 6.07) is 20.3. The summed E-state index contributed by atoms with van der Waals surface area (Å²) in [4.78, 5) is 37.1. The Balaban J connectivity index is 1.50. The number of anilines is 1. The van der Waals surface area contributed by atoms with E-state index in [0.29, 0.717) is 34.7 Å². The predicted octanol–water partition coefficient (Wildman–Crippen LogP) is 3.60. The zero-order chi connectivity index (χ0) is 24.5. The van der Waals surface area contributed by atoms with Crippen LogP contribution in [-0.4, -0.2) is 29.4 Å². The number of nitrogens with one attached hydrogen (secondary N) is 4. The molecule has 8 nitrogen and oxygen atoms in total. The van der Waals surface area contributed by atoms with Gasteiger partial charge in [0.15, 0.2) is 5.11 Å². The summed E-state index contributed by atoms with van der Waals surface area (Å²) in [7, 11) is 0. The van der Waals surface area contributed by atoms with Gasteiger partial charge in [0.05, 0.1) is 6.61 Å². The molecule has 3 amide bonds. The van der Waals surface area contributed by atoms with Crippen LogP contribution in [0.1, 0.15) is 43.6 Å². The number of aryl methyl sites for hydroxylation is 1. The Bertz CT molecular complexity index is 1210. The fourth-order valence-corrected chi connectivity index (χ4v) is 3.16. The maximum atomic E-state index is 12.4. The van der Waals surface area contributed by atoms with Crippen molar-refractivity contribution in [2.45, 2.75) is 13.8 Å². The van der Waals surface area contributed by atoms with E-state index in [2.05, 4.69) is 21.5 Å². The minimum atomic E-state index is -0.466. The number of hydrogen-bond donors (Lipinski definition) is 4. The van der Waals surface area contributed by atoms with Crippen molar-refractivity contribution in [3.8, 4) is 5.75 Å². The zero-order valence-corrected chi connectivity index (χ0v) is 19.5. The highest BCUT2D eigenvalue weighted by molar-refractivity contribution is 7.80. The maximum Gasteiger partial charge on any atom is 0.269 e. The van der Waals surface area contributed by atoms with E-state index in [1.807, 2.05) is 26.0 Å².